The molecule has 0 spiro atoms. The SMILES string of the molecule is CCCc1c(CO)cnn1-c1cccc(OC)c1. The minimum Gasteiger partial charge on any atom is -0.497 e. The maximum absolute atomic E-state index is 9.33. The lowest BCUT2D eigenvalue weighted by molar-refractivity contribution is 0.280. The minimum atomic E-state index is 0.0271. The molecule has 96 valence electrons. The van der Waals surface area contributed by atoms with Crippen LogP contribution in [-0.2, 0) is 13.0 Å². The Balaban J connectivity index is 2.45. The van der Waals surface area contributed by atoms with Crippen molar-refractivity contribution in [3.8, 4) is 11.4 Å². The highest BCUT2D eigenvalue weighted by Gasteiger charge is 2.11. The Bertz CT molecular complexity index is 520. The van der Waals surface area contributed by atoms with Crippen molar-refractivity contribution in [1.29, 1.82) is 0 Å². The van der Waals surface area contributed by atoms with E-state index in [9.17, 15) is 5.11 Å². The zero-order chi connectivity index (χ0) is 13.0. The highest BCUT2D eigenvalue weighted by atomic mass is 16.5. The maximum Gasteiger partial charge on any atom is 0.121 e. The number of aliphatic hydroxyl groups excluding tert-OH is 1. The van der Waals surface area contributed by atoms with E-state index in [0.29, 0.717) is 0 Å². The van der Waals surface area contributed by atoms with Gasteiger partial charge in [0.1, 0.15) is 5.75 Å². The van der Waals surface area contributed by atoms with Gasteiger partial charge in [-0.2, -0.15) is 5.10 Å². The number of methoxy groups -OCH3 is 1. The second-order valence-corrected chi connectivity index (χ2v) is 4.14. The smallest absolute Gasteiger partial charge is 0.121 e. The Labute approximate surface area is 107 Å². The molecule has 1 heterocycles. The van der Waals surface area contributed by atoms with Crippen molar-refractivity contribution in [3.63, 3.8) is 0 Å². The van der Waals surface area contributed by atoms with Crippen LogP contribution in [0.4, 0.5) is 0 Å². The Hall–Kier alpha value is -1.81. The Kier molecular flexibility index (Phi) is 3.99. The predicted octanol–water partition coefficient (Wildman–Crippen LogP) is 2.33. The highest BCUT2D eigenvalue weighted by Crippen LogP contribution is 2.20. The van der Waals surface area contributed by atoms with E-state index in [1.165, 1.54) is 0 Å². The maximum atomic E-state index is 9.33. The number of nitrogens with zero attached hydrogens (tertiary/aromatic N) is 2. The molecule has 0 aliphatic heterocycles. The molecule has 2 aromatic rings. The number of hydrogen-bond acceptors (Lipinski definition) is 3. The van der Waals surface area contributed by atoms with Crippen LogP contribution in [0.5, 0.6) is 5.75 Å². The summed E-state index contributed by atoms with van der Waals surface area (Å²) in [6, 6.07) is 7.76. The lowest BCUT2D eigenvalue weighted by Crippen LogP contribution is -2.04. The van der Waals surface area contributed by atoms with Crippen LogP contribution in [-0.4, -0.2) is 22.0 Å². The monoisotopic (exact) mass is 246 g/mol. The van der Waals surface area contributed by atoms with E-state index in [4.69, 9.17) is 4.74 Å². The second-order valence-electron chi connectivity index (χ2n) is 4.14. The molecular formula is C14H18N2O2. The summed E-state index contributed by atoms with van der Waals surface area (Å²) >= 11 is 0. The topological polar surface area (TPSA) is 47.3 Å². The summed E-state index contributed by atoms with van der Waals surface area (Å²) < 4.78 is 7.09. The molecule has 0 amide bonds. The van der Waals surface area contributed by atoms with Gasteiger partial charge in [0.15, 0.2) is 0 Å². The van der Waals surface area contributed by atoms with Crippen molar-refractivity contribution < 1.29 is 9.84 Å². The molecule has 0 radical (unpaired) electrons. The quantitative estimate of drug-likeness (QED) is 0.880. The normalized spacial score (nSPS) is 10.6. The van der Waals surface area contributed by atoms with Gasteiger partial charge in [0.05, 0.1) is 25.6 Å². The van der Waals surface area contributed by atoms with Crippen LogP contribution in [0.15, 0.2) is 30.5 Å². The molecule has 0 bridgehead atoms. The standard InChI is InChI=1S/C14H18N2O2/c1-3-5-14-11(10-17)9-15-16(14)12-6-4-7-13(8-12)18-2/h4,6-9,17H,3,5,10H2,1-2H3. The predicted molar refractivity (Wildman–Crippen MR) is 70.0 cm³/mol. The zero-order valence-electron chi connectivity index (χ0n) is 10.8. The first-order valence-corrected chi connectivity index (χ1v) is 6.11. The summed E-state index contributed by atoms with van der Waals surface area (Å²) in [5, 5.41) is 13.7. The van der Waals surface area contributed by atoms with E-state index in [2.05, 4.69) is 12.0 Å². The van der Waals surface area contributed by atoms with Gasteiger partial charge < -0.3 is 9.84 Å². The van der Waals surface area contributed by atoms with E-state index < -0.39 is 0 Å². The van der Waals surface area contributed by atoms with Gasteiger partial charge in [0.2, 0.25) is 0 Å². The van der Waals surface area contributed by atoms with Gasteiger partial charge >= 0.3 is 0 Å². The number of hydrogen-bond donors (Lipinski definition) is 1. The van der Waals surface area contributed by atoms with Crippen molar-refractivity contribution in [1.82, 2.24) is 9.78 Å². The molecule has 0 aliphatic rings. The number of rotatable bonds is 5. The van der Waals surface area contributed by atoms with Crippen molar-refractivity contribution in [2.45, 2.75) is 26.4 Å². The number of aromatic nitrogens is 2. The summed E-state index contributed by atoms with van der Waals surface area (Å²) in [6.45, 7) is 2.14. The van der Waals surface area contributed by atoms with Crippen molar-refractivity contribution in [3.05, 3.63) is 41.7 Å². The van der Waals surface area contributed by atoms with Gasteiger partial charge in [-0.3, -0.25) is 0 Å². The molecule has 1 aromatic heterocycles. The summed E-state index contributed by atoms with van der Waals surface area (Å²) in [6.07, 6.45) is 3.64. The molecule has 1 aromatic carbocycles. The van der Waals surface area contributed by atoms with Gasteiger partial charge in [-0.1, -0.05) is 19.4 Å². The number of ether oxygens (including phenoxy) is 1. The zero-order valence-corrected chi connectivity index (χ0v) is 10.8. The average molecular weight is 246 g/mol. The van der Waals surface area contributed by atoms with Crippen LogP contribution in [0.3, 0.4) is 0 Å². The Morgan fingerprint density at radius 3 is 2.89 bits per heavy atom. The molecule has 18 heavy (non-hydrogen) atoms. The lowest BCUT2D eigenvalue weighted by Gasteiger charge is -2.09. The van der Waals surface area contributed by atoms with Crippen LogP contribution in [0, 0.1) is 0 Å². The van der Waals surface area contributed by atoms with Gasteiger partial charge in [-0.25, -0.2) is 4.68 Å². The van der Waals surface area contributed by atoms with E-state index in [-0.39, 0.29) is 6.61 Å². The largest absolute Gasteiger partial charge is 0.497 e. The third-order valence-electron chi connectivity index (χ3n) is 2.91. The van der Waals surface area contributed by atoms with Crippen LogP contribution < -0.4 is 4.74 Å². The molecule has 0 aliphatic carbocycles. The molecule has 0 saturated heterocycles. The van der Waals surface area contributed by atoms with Crippen molar-refractivity contribution in [2.75, 3.05) is 7.11 Å². The van der Waals surface area contributed by atoms with Crippen LogP contribution >= 0.6 is 0 Å². The number of aliphatic hydroxyl groups is 1. The lowest BCUT2D eigenvalue weighted by atomic mass is 10.1. The molecule has 1 N–H and O–H groups in total. The summed E-state index contributed by atoms with van der Waals surface area (Å²) in [4.78, 5) is 0. The first-order chi connectivity index (χ1) is 8.80. The van der Waals surface area contributed by atoms with E-state index in [1.807, 2.05) is 28.9 Å². The third-order valence-corrected chi connectivity index (χ3v) is 2.91. The fourth-order valence-electron chi connectivity index (χ4n) is 2.01. The van der Waals surface area contributed by atoms with Crippen LogP contribution in [0.1, 0.15) is 24.6 Å². The Morgan fingerprint density at radius 1 is 1.39 bits per heavy atom. The average Bonchev–Trinajstić information content (AvgIpc) is 2.82. The molecule has 2 rings (SSSR count). The molecule has 4 heteroatoms. The third kappa shape index (κ3) is 2.38. The second kappa shape index (κ2) is 5.69. The summed E-state index contributed by atoms with van der Waals surface area (Å²) in [5.41, 5.74) is 2.91. The van der Waals surface area contributed by atoms with Crippen molar-refractivity contribution in [2.24, 2.45) is 0 Å². The van der Waals surface area contributed by atoms with Crippen LogP contribution in [0.25, 0.3) is 5.69 Å². The summed E-state index contributed by atoms with van der Waals surface area (Å²) in [7, 11) is 1.65. The highest BCUT2D eigenvalue weighted by molar-refractivity contribution is 5.41. The van der Waals surface area contributed by atoms with Gasteiger partial charge in [-0.15, -0.1) is 0 Å². The minimum absolute atomic E-state index is 0.0271. The van der Waals surface area contributed by atoms with Crippen LogP contribution in [0.2, 0.25) is 0 Å². The first kappa shape index (κ1) is 12.6. The molecule has 0 unspecified atom stereocenters. The fourth-order valence-corrected chi connectivity index (χ4v) is 2.01. The number of benzene rings is 1. The van der Waals surface area contributed by atoms with Gasteiger partial charge in [0, 0.05) is 17.3 Å². The van der Waals surface area contributed by atoms with E-state index >= 15 is 0 Å². The molecule has 0 fully saturated rings. The molecule has 4 nitrogen and oxygen atoms in total. The van der Waals surface area contributed by atoms with E-state index in [0.717, 1.165) is 35.5 Å². The fraction of sp³-hybridized carbons (Fsp3) is 0.357. The molecule has 0 saturated carbocycles. The summed E-state index contributed by atoms with van der Waals surface area (Å²) in [5.74, 6) is 0.802. The van der Waals surface area contributed by atoms with E-state index in [1.54, 1.807) is 13.3 Å². The first-order valence-electron chi connectivity index (χ1n) is 6.11. The van der Waals surface area contributed by atoms with Gasteiger partial charge in [0.25, 0.3) is 0 Å². The molecule has 0 atom stereocenters. The van der Waals surface area contributed by atoms with Gasteiger partial charge in [-0.05, 0) is 18.6 Å². The Morgan fingerprint density at radius 2 is 2.22 bits per heavy atom. The molecular weight excluding hydrogens is 228 g/mol. The van der Waals surface area contributed by atoms with Crippen molar-refractivity contribution >= 4 is 0 Å².